The first-order valence-electron chi connectivity index (χ1n) is 5.44. The normalized spacial score (nSPS) is 10.4. The SMILES string of the molecule is CN(Cc1nccs1)c1nccn(CC(=O)O)c1=O. The molecule has 0 unspecified atom stereocenters. The second-order valence-corrected chi connectivity index (χ2v) is 4.84. The molecule has 2 aromatic heterocycles. The van der Waals surface area contributed by atoms with Crippen molar-refractivity contribution < 1.29 is 9.90 Å². The summed E-state index contributed by atoms with van der Waals surface area (Å²) in [5.41, 5.74) is -0.427. The molecule has 0 amide bonds. The Morgan fingerprint density at radius 1 is 1.47 bits per heavy atom. The van der Waals surface area contributed by atoms with Crippen LogP contribution >= 0.6 is 11.3 Å². The molecule has 0 aliphatic heterocycles. The van der Waals surface area contributed by atoms with Crippen LogP contribution < -0.4 is 10.5 Å². The Bertz CT molecular complexity index is 623. The van der Waals surface area contributed by atoms with Gasteiger partial charge in [0.1, 0.15) is 11.6 Å². The molecule has 0 saturated carbocycles. The van der Waals surface area contributed by atoms with Crippen molar-refractivity contribution in [1.82, 2.24) is 14.5 Å². The number of carboxylic acid groups (broad SMARTS) is 1. The Kier molecular flexibility index (Phi) is 3.91. The van der Waals surface area contributed by atoms with E-state index in [2.05, 4.69) is 9.97 Å². The maximum absolute atomic E-state index is 12.1. The van der Waals surface area contributed by atoms with Crippen LogP contribution in [-0.4, -0.2) is 32.7 Å². The Morgan fingerprint density at radius 2 is 2.26 bits per heavy atom. The maximum atomic E-state index is 12.1. The van der Waals surface area contributed by atoms with Gasteiger partial charge in [0.15, 0.2) is 5.82 Å². The molecule has 0 spiro atoms. The first-order chi connectivity index (χ1) is 9.08. The summed E-state index contributed by atoms with van der Waals surface area (Å²) >= 11 is 1.48. The number of nitrogens with zero attached hydrogens (tertiary/aromatic N) is 4. The van der Waals surface area contributed by atoms with Crippen molar-refractivity contribution in [2.75, 3.05) is 11.9 Å². The van der Waals surface area contributed by atoms with Crippen LogP contribution in [-0.2, 0) is 17.9 Å². The fraction of sp³-hybridized carbons (Fsp3) is 0.273. The summed E-state index contributed by atoms with van der Waals surface area (Å²) in [6, 6.07) is 0. The van der Waals surface area contributed by atoms with Gasteiger partial charge in [-0.15, -0.1) is 11.3 Å². The maximum Gasteiger partial charge on any atom is 0.323 e. The zero-order valence-corrected chi connectivity index (χ0v) is 11.0. The highest BCUT2D eigenvalue weighted by molar-refractivity contribution is 7.09. The minimum Gasteiger partial charge on any atom is -0.480 e. The van der Waals surface area contributed by atoms with Crippen LogP contribution in [0.4, 0.5) is 5.82 Å². The standard InChI is InChI=1S/C11H12N4O3S/c1-14(6-8-12-3-5-19-8)10-11(18)15(4-2-13-10)7-9(16)17/h2-5H,6-7H2,1H3,(H,16,17). The van der Waals surface area contributed by atoms with E-state index >= 15 is 0 Å². The van der Waals surface area contributed by atoms with Crippen LogP contribution in [0.5, 0.6) is 0 Å². The van der Waals surface area contributed by atoms with Crippen molar-refractivity contribution in [1.29, 1.82) is 0 Å². The molecular weight excluding hydrogens is 268 g/mol. The van der Waals surface area contributed by atoms with Gasteiger partial charge in [0.25, 0.3) is 5.56 Å². The monoisotopic (exact) mass is 280 g/mol. The predicted molar refractivity (Wildman–Crippen MR) is 70.4 cm³/mol. The number of anilines is 1. The van der Waals surface area contributed by atoms with Crippen molar-refractivity contribution in [2.45, 2.75) is 13.1 Å². The van der Waals surface area contributed by atoms with Gasteiger partial charge in [0.2, 0.25) is 0 Å². The average molecular weight is 280 g/mol. The van der Waals surface area contributed by atoms with Crippen molar-refractivity contribution in [3.05, 3.63) is 39.3 Å². The van der Waals surface area contributed by atoms with E-state index in [0.717, 1.165) is 9.57 Å². The molecule has 100 valence electrons. The topological polar surface area (TPSA) is 88.3 Å². The summed E-state index contributed by atoms with van der Waals surface area (Å²) in [7, 11) is 1.72. The van der Waals surface area contributed by atoms with Gasteiger partial charge >= 0.3 is 5.97 Å². The number of thiazole rings is 1. The zero-order valence-electron chi connectivity index (χ0n) is 10.2. The molecule has 0 fully saturated rings. The van der Waals surface area contributed by atoms with E-state index < -0.39 is 11.5 Å². The fourth-order valence-electron chi connectivity index (χ4n) is 1.58. The van der Waals surface area contributed by atoms with E-state index in [0.29, 0.717) is 6.54 Å². The van der Waals surface area contributed by atoms with Crippen molar-refractivity contribution in [3.8, 4) is 0 Å². The molecule has 1 N–H and O–H groups in total. The molecule has 2 heterocycles. The summed E-state index contributed by atoms with van der Waals surface area (Å²) in [5, 5.41) is 11.4. The van der Waals surface area contributed by atoms with Crippen LogP contribution in [0.1, 0.15) is 5.01 Å². The zero-order chi connectivity index (χ0) is 13.8. The Balaban J connectivity index is 2.24. The molecular formula is C11H12N4O3S. The molecule has 0 aromatic carbocycles. The lowest BCUT2D eigenvalue weighted by Crippen LogP contribution is -2.31. The number of aliphatic carboxylic acids is 1. The Labute approximate surface area is 112 Å². The van der Waals surface area contributed by atoms with Crippen LogP contribution in [0.15, 0.2) is 28.8 Å². The van der Waals surface area contributed by atoms with E-state index in [-0.39, 0.29) is 12.4 Å². The number of carboxylic acids is 1. The lowest BCUT2D eigenvalue weighted by Gasteiger charge is -2.16. The smallest absolute Gasteiger partial charge is 0.323 e. The summed E-state index contributed by atoms with van der Waals surface area (Å²) < 4.78 is 1.11. The van der Waals surface area contributed by atoms with Crippen molar-refractivity contribution in [3.63, 3.8) is 0 Å². The van der Waals surface area contributed by atoms with Gasteiger partial charge in [0.05, 0.1) is 6.54 Å². The third-order valence-electron chi connectivity index (χ3n) is 2.42. The molecule has 0 aliphatic rings. The van der Waals surface area contributed by atoms with E-state index in [9.17, 15) is 9.59 Å². The van der Waals surface area contributed by atoms with Gasteiger partial charge in [-0.1, -0.05) is 0 Å². The van der Waals surface area contributed by atoms with Crippen LogP contribution in [0, 0.1) is 0 Å². The quantitative estimate of drug-likeness (QED) is 0.854. The minimum absolute atomic E-state index is 0.207. The van der Waals surface area contributed by atoms with Gasteiger partial charge in [-0.05, 0) is 0 Å². The molecule has 0 bridgehead atoms. The van der Waals surface area contributed by atoms with Gasteiger partial charge in [0, 0.05) is 31.0 Å². The Morgan fingerprint density at radius 3 is 2.89 bits per heavy atom. The molecule has 2 rings (SSSR count). The first kappa shape index (κ1) is 13.2. The molecule has 2 aromatic rings. The molecule has 7 nitrogen and oxygen atoms in total. The number of aromatic nitrogens is 3. The largest absolute Gasteiger partial charge is 0.480 e. The summed E-state index contributed by atoms with van der Waals surface area (Å²) in [6.07, 6.45) is 4.46. The number of hydrogen-bond donors (Lipinski definition) is 1. The van der Waals surface area contributed by atoms with Gasteiger partial charge in [-0.3, -0.25) is 14.2 Å². The Hall–Kier alpha value is -2.22. The minimum atomic E-state index is -1.07. The highest BCUT2D eigenvalue weighted by atomic mass is 32.1. The molecule has 0 radical (unpaired) electrons. The summed E-state index contributed by atoms with van der Waals surface area (Å²) in [4.78, 5) is 32.5. The van der Waals surface area contributed by atoms with E-state index in [4.69, 9.17) is 5.11 Å². The summed E-state index contributed by atoms with van der Waals surface area (Å²) in [5.74, 6) is -0.860. The fourth-order valence-corrected chi connectivity index (χ4v) is 2.25. The van der Waals surface area contributed by atoms with Crippen LogP contribution in [0.2, 0.25) is 0 Å². The third-order valence-corrected chi connectivity index (χ3v) is 3.18. The van der Waals surface area contributed by atoms with Crippen molar-refractivity contribution in [2.24, 2.45) is 0 Å². The summed E-state index contributed by atoms with van der Waals surface area (Å²) in [6.45, 7) is 0.0798. The number of carbonyl (C=O) groups is 1. The highest BCUT2D eigenvalue weighted by Crippen LogP contribution is 2.10. The predicted octanol–water partition coefficient (Wildman–Crippen LogP) is 0.421. The molecule has 0 saturated heterocycles. The first-order valence-corrected chi connectivity index (χ1v) is 6.32. The van der Waals surface area contributed by atoms with E-state index in [1.165, 1.54) is 23.7 Å². The second-order valence-electron chi connectivity index (χ2n) is 3.86. The van der Waals surface area contributed by atoms with E-state index in [1.807, 2.05) is 5.38 Å². The number of rotatable bonds is 5. The molecule has 19 heavy (non-hydrogen) atoms. The average Bonchev–Trinajstić information content (AvgIpc) is 2.84. The van der Waals surface area contributed by atoms with Crippen LogP contribution in [0.3, 0.4) is 0 Å². The molecule has 8 heteroatoms. The van der Waals surface area contributed by atoms with Crippen molar-refractivity contribution >= 4 is 23.1 Å². The number of hydrogen-bond acceptors (Lipinski definition) is 6. The van der Waals surface area contributed by atoms with Crippen LogP contribution in [0.25, 0.3) is 0 Å². The lowest BCUT2D eigenvalue weighted by molar-refractivity contribution is -0.137. The molecule has 0 aliphatic carbocycles. The highest BCUT2D eigenvalue weighted by Gasteiger charge is 2.12. The second kappa shape index (κ2) is 5.61. The van der Waals surface area contributed by atoms with Gasteiger partial charge < -0.3 is 10.0 Å². The van der Waals surface area contributed by atoms with Gasteiger partial charge in [-0.2, -0.15) is 0 Å². The lowest BCUT2D eigenvalue weighted by atomic mass is 10.5. The third kappa shape index (κ3) is 3.16. The molecule has 0 atom stereocenters. The van der Waals surface area contributed by atoms with E-state index in [1.54, 1.807) is 18.1 Å². The van der Waals surface area contributed by atoms with Gasteiger partial charge in [-0.25, -0.2) is 9.97 Å².